The Morgan fingerprint density at radius 2 is 1.64 bits per heavy atom. The van der Waals surface area contributed by atoms with E-state index in [-0.39, 0.29) is 11.7 Å². The van der Waals surface area contributed by atoms with E-state index in [4.69, 9.17) is 0 Å². The zero-order chi connectivity index (χ0) is 16.4. The Balaban J connectivity index is 2.14. The van der Waals surface area contributed by atoms with Gasteiger partial charge >= 0.3 is 0 Å². The SMILES string of the molecule is CC(=O)CCCCCC(=O)N1CCN(CC#CC(C)C)CC1. The molecule has 0 atom stereocenters. The van der Waals surface area contributed by atoms with Crippen molar-refractivity contribution < 1.29 is 9.59 Å². The molecule has 0 aromatic carbocycles. The van der Waals surface area contributed by atoms with Crippen LogP contribution < -0.4 is 0 Å². The number of hydrogen-bond acceptors (Lipinski definition) is 3. The summed E-state index contributed by atoms with van der Waals surface area (Å²) >= 11 is 0. The van der Waals surface area contributed by atoms with Gasteiger partial charge in [-0.05, 0) is 19.8 Å². The van der Waals surface area contributed by atoms with E-state index in [1.807, 2.05) is 4.90 Å². The Kier molecular flexibility index (Phi) is 8.84. The smallest absolute Gasteiger partial charge is 0.222 e. The van der Waals surface area contributed by atoms with Gasteiger partial charge in [0.25, 0.3) is 0 Å². The van der Waals surface area contributed by atoms with E-state index in [1.54, 1.807) is 6.92 Å². The predicted molar refractivity (Wildman–Crippen MR) is 89.4 cm³/mol. The molecule has 124 valence electrons. The van der Waals surface area contributed by atoms with Crippen molar-refractivity contribution in [3.63, 3.8) is 0 Å². The summed E-state index contributed by atoms with van der Waals surface area (Å²) in [5, 5.41) is 0. The topological polar surface area (TPSA) is 40.6 Å². The van der Waals surface area contributed by atoms with Gasteiger partial charge in [0.05, 0.1) is 6.54 Å². The average Bonchev–Trinajstić information content (AvgIpc) is 2.46. The van der Waals surface area contributed by atoms with Crippen LogP contribution in [0.2, 0.25) is 0 Å². The summed E-state index contributed by atoms with van der Waals surface area (Å²) in [5.41, 5.74) is 0. The van der Waals surface area contributed by atoms with Crippen LogP contribution in [0.3, 0.4) is 0 Å². The van der Waals surface area contributed by atoms with Crippen LogP contribution in [0.1, 0.15) is 52.9 Å². The molecule has 0 radical (unpaired) electrons. The van der Waals surface area contributed by atoms with Gasteiger partial charge in [-0.2, -0.15) is 0 Å². The molecule has 0 N–H and O–H groups in total. The van der Waals surface area contributed by atoms with Crippen molar-refractivity contribution in [2.45, 2.75) is 52.9 Å². The third-order valence-electron chi connectivity index (χ3n) is 3.84. The van der Waals surface area contributed by atoms with Crippen LogP contribution in [0.15, 0.2) is 0 Å². The highest BCUT2D eigenvalue weighted by atomic mass is 16.2. The quantitative estimate of drug-likeness (QED) is 0.535. The Morgan fingerprint density at radius 1 is 1.00 bits per heavy atom. The highest BCUT2D eigenvalue weighted by Gasteiger charge is 2.19. The van der Waals surface area contributed by atoms with E-state index in [1.165, 1.54) is 0 Å². The number of carbonyl (C=O) groups excluding carboxylic acids is 2. The zero-order valence-electron chi connectivity index (χ0n) is 14.4. The number of nitrogens with zero attached hydrogens (tertiary/aromatic N) is 2. The Hall–Kier alpha value is -1.34. The van der Waals surface area contributed by atoms with Gasteiger partial charge in [-0.25, -0.2) is 0 Å². The molecule has 1 heterocycles. The van der Waals surface area contributed by atoms with E-state index in [2.05, 4.69) is 30.6 Å². The summed E-state index contributed by atoms with van der Waals surface area (Å²) in [6, 6.07) is 0. The monoisotopic (exact) mass is 306 g/mol. The van der Waals surface area contributed by atoms with Crippen molar-refractivity contribution in [3.05, 3.63) is 0 Å². The number of unbranched alkanes of at least 4 members (excludes halogenated alkanes) is 2. The molecule has 0 spiro atoms. The van der Waals surface area contributed by atoms with Crippen LogP contribution in [0, 0.1) is 17.8 Å². The summed E-state index contributed by atoms with van der Waals surface area (Å²) in [5.74, 6) is 7.30. The van der Waals surface area contributed by atoms with Crippen molar-refractivity contribution >= 4 is 11.7 Å². The summed E-state index contributed by atoms with van der Waals surface area (Å²) in [6.07, 6.45) is 4.03. The number of piperazine rings is 1. The maximum Gasteiger partial charge on any atom is 0.222 e. The molecule has 0 unspecified atom stereocenters. The number of hydrogen-bond donors (Lipinski definition) is 0. The fourth-order valence-corrected chi connectivity index (χ4v) is 2.50. The number of carbonyl (C=O) groups is 2. The van der Waals surface area contributed by atoms with Crippen LogP contribution >= 0.6 is 0 Å². The molecular formula is C18H30N2O2. The summed E-state index contributed by atoms with van der Waals surface area (Å²) in [6.45, 7) is 10.1. The van der Waals surface area contributed by atoms with E-state index < -0.39 is 0 Å². The molecule has 1 aliphatic heterocycles. The first-order valence-corrected chi connectivity index (χ1v) is 8.47. The third-order valence-corrected chi connectivity index (χ3v) is 3.84. The van der Waals surface area contributed by atoms with Gasteiger partial charge in [0, 0.05) is 44.9 Å². The van der Waals surface area contributed by atoms with Gasteiger partial charge in [0.15, 0.2) is 0 Å². The maximum absolute atomic E-state index is 12.1. The van der Waals surface area contributed by atoms with Gasteiger partial charge in [0.2, 0.25) is 5.91 Å². The molecule has 4 nitrogen and oxygen atoms in total. The third kappa shape index (κ3) is 8.19. The van der Waals surface area contributed by atoms with E-state index in [0.717, 1.165) is 52.0 Å². The standard InChI is InChI=1S/C18H30N2O2/c1-16(2)8-7-11-19-12-14-20(15-13-19)18(22)10-6-4-5-9-17(3)21/h16H,4-6,9-15H2,1-3H3. The second kappa shape index (κ2) is 10.4. The second-order valence-corrected chi connectivity index (χ2v) is 6.40. The van der Waals surface area contributed by atoms with E-state index in [9.17, 15) is 9.59 Å². The zero-order valence-corrected chi connectivity index (χ0v) is 14.4. The molecule has 1 amide bonds. The van der Waals surface area contributed by atoms with Crippen LogP contribution in [0.5, 0.6) is 0 Å². The van der Waals surface area contributed by atoms with Gasteiger partial charge in [-0.15, -0.1) is 0 Å². The Bertz CT molecular complexity index is 413. The van der Waals surface area contributed by atoms with Gasteiger partial charge < -0.3 is 9.69 Å². The number of ketones is 1. The lowest BCUT2D eigenvalue weighted by molar-refractivity contribution is -0.133. The van der Waals surface area contributed by atoms with Crippen molar-refractivity contribution in [1.29, 1.82) is 0 Å². The summed E-state index contributed by atoms with van der Waals surface area (Å²) < 4.78 is 0. The largest absolute Gasteiger partial charge is 0.340 e. The summed E-state index contributed by atoms with van der Waals surface area (Å²) in [7, 11) is 0. The first kappa shape index (κ1) is 18.7. The molecule has 1 saturated heterocycles. The lowest BCUT2D eigenvalue weighted by Crippen LogP contribution is -2.48. The van der Waals surface area contributed by atoms with Crippen LogP contribution in [0.4, 0.5) is 0 Å². The second-order valence-electron chi connectivity index (χ2n) is 6.40. The normalized spacial score (nSPS) is 15.5. The van der Waals surface area contributed by atoms with Gasteiger partial charge in [-0.1, -0.05) is 32.1 Å². The van der Waals surface area contributed by atoms with Gasteiger partial charge in [0.1, 0.15) is 5.78 Å². The lowest BCUT2D eigenvalue weighted by atomic mass is 10.1. The molecule has 0 aliphatic carbocycles. The molecule has 22 heavy (non-hydrogen) atoms. The van der Waals surface area contributed by atoms with Gasteiger partial charge in [-0.3, -0.25) is 9.69 Å². The highest BCUT2D eigenvalue weighted by molar-refractivity contribution is 5.76. The molecule has 0 aromatic heterocycles. The Morgan fingerprint density at radius 3 is 2.23 bits per heavy atom. The first-order valence-electron chi connectivity index (χ1n) is 8.47. The Labute approximate surface area is 135 Å². The number of Topliss-reactive ketones (excluding diaryl/α,β-unsaturated/α-hetero) is 1. The van der Waals surface area contributed by atoms with E-state index >= 15 is 0 Å². The highest BCUT2D eigenvalue weighted by Crippen LogP contribution is 2.08. The predicted octanol–water partition coefficient (Wildman–Crippen LogP) is 2.33. The van der Waals surface area contributed by atoms with Crippen molar-refractivity contribution in [3.8, 4) is 11.8 Å². The maximum atomic E-state index is 12.1. The summed E-state index contributed by atoms with van der Waals surface area (Å²) in [4.78, 5) is 27.2. The average molecular weight is 306 g/mol. The number of rotatable bonds is 7. The minimum absolute atomic E-state index is 0.239. The van der Waals surface area contributed by atoms with Crippen molar-refractivity contribution in [2.24, 2.45) is 5.92 Å². The molecule has 0 saturated carbocycles. The minimum atomic E-state index is 0.239. The van der Waals surface area contributed by atoms with Crippen LogP contribution in [-0.4, -0.2) is 54.2 Å². The van der Waals surface area contributed by atoms with E-state index in [0.29, 0.717) is 18.8 Å². The fraction of sp³-hybridized carbons (Fsp3) is 0.778. The molecule has 1 aliphatic rings. The molecule has 1 rings (SSSR count). The molecular weight excluding hydrogens is 276 g/mol. The fourth-order valence-electron chi connectivity index (χ4n) is 2.50. The van der Waals surface area contributed by atoms with Crippen molar-refractivity contribution in [2.75, 3.05) is 32.7 Å². The van der Waals surface area contributed by atoms with Crippen LogP contribution in [-0.2, 0) is 9.59 Å². The molecule has 0 aromatic rings. The van der Waals surface area contributed by atoms with Crippen LogP contribution in [0.25, 0.3) is 0 Å². The number of amides is 1. The lowest BCUT2D eigenvalue weighted by Gasteiger charge is -2.33. The minimum Gasteiger partial charge on any atom is -0.340 e. The van der Waals surface area contributed by atoms with Crippen molar-refractivity contribution in [1.82, 2.24) is 9.80 Å². The molecule has 1 fully saturated rings. The molecule has 0 bridgehead atoms. The first-order chi connectivity index (χ1) is 10.5. The molecule has 4 heteroatoms.